The second kappa shape index (κ2) is 17.4. The van der Waals surface area contributed by atoms with Crippen LogP contribution < -0.4 is 0 Å². The standard InChI is InChI=1S/C17H34N2/c1-2-3-4-5-6-7-8-9-10-11-12-13-14-15-16-19-17-18/h18H,2-16H2,1H3. The summed E-state index contributed by atoms with van der Waals surface area (Å²) < 4.78 is 0. The molecule has 0 atom stereocenters. The lowest BCUT2D eigenvalue weighted by Gasteiger charge is -2.02. The second-order valence-electron chi connectivity index (χ2n) is 5.59. The van der Waals surface area contributed by atoms with Gasteiger partial charge in [0.05, 0.1) is 6.01 Å². The lowest BCUT2D eigenvalue weighted by atomic mass is 10.0. The molecule has 0 saturated heterocycles. The Kier molecular flexibility index (Phi) is 16.8. The summed E-state index contributed by atoms with van der Waals surface area (Å²) in [5.41, 5.74) is 0. The predicted octanol–water partition coefficient (Wildman–Crippen LogP) is 6.22. The average Bonchev–Trinajstić information content (AvgIpc) is 2.43. The Balaban J connectivity index is 2.93. The van der Waals surface area contributed by atoms with Crippen LogP contribution in [0.25, 0.3) is 0 Å². The van der Waals surface area contributed by atoms with Crippen LogP contribution in [0.1, 0.15) is 96.8 Å². The maximum Gasteiger partial charge on any atom is 0.0861 e. The largest absolute Gasteiger partial charge is 0.242 e. The summed E-state index contributed by atoms with van der Waals surface area (Å²) in [5, 5.41) is 6.66. The molecule has 0 saturated carbocycles. The van der Waals surface area contributed by atoms with Crippen molar-refractivity contribution in [3.63, 3.8) is 0 Å². The lowest BCUT2D eigenvalue weighted by molar-refractivity contribution is 0.536. The van der Waals surface area contributed by atoms with Crippen molar-refractivity contribution in [2.45, 2.75) is 96.8 Å². The molecule has 0 amide bonds. The van der Waals surface area contributed by atoms with Gasteiger partial charge in [-0.3, -0.25) is 0 Å². The molecule has 0 heterocycles. The number of aliphatic imine (C=N–C) groups is 1. The Bertz CT molecular complexity index is 207. The highest BCUT2D eigenvalue weighted by Crippen LogP contribution is 2.12. The molecule has 112 valence electrons. The first-order chi connectivity index (χ1) is 9.41. The van der Waals surface area contributed by atoms with Crippen molar-refractivity contribution in [1.82, 2.24) is 0 Å². The molecule has 0 aromatic rings. The van der Waals surface area contributed by atoms with E-state index in [1.165, 1.54) is 83.5 Å². The van der Waals surface area contributed by atoms with Crippen LogP contribution in [0.2, 0.25) is 0 Å². The highest BCUT2D eigenvalue weighted by Gasteiger charge is 1.93. The maximum absolute atomic E-state index is 6.66. The molecule has 0 aliphatic carbocycles. The number of hydrogen-bond donors (Lipinski definition) is 1. The fourth-order valence-corrected chi connectivity index (χ4v) is 2.44. The minimum atomic E-state index is 0.793. The third kappa shape index (κ3) is 17.4. The third-order valence-electron chi connectivity index (χ3n) is 3.70. The molecule has 1 N–H and O–H groups in total. The van der Waals surface area contributed by atoms with Gasteiger partial charge in [0, 0.05) is 6.54 Å². The summed E-state index contributed by atoms with van der Waals surface area (Å²) in [4.78, 5) is 3.78. The second-order valence-corrected chi connectivity index (χ2v) is 5.59. The summed E-state index contributed by atoms with van der Waals surface area (Å²) in [6.45, 7) is 3.07. The molecule has 0 aliphatic rings. The van der Waals surface area contributed by atoms with E-state index in [9.17, 15) is 0 Å². The van der Waals surface area contributed by atoms with Gasteiger partial charge in [-0.25, -0.2) is 10.4 Å². The fraction of sp³-hybridized carbons (Fsp3) is 0.941. The summed E-state index contributed by atoms with van der Waals surface area (Å²) in [6.07, 6.45) is 19.4. The predicted molar refractivity (Wildman–Crippen MR) is 85.3 cm³/mol. The van der Waals surface area contributed by atoms with Crippen molar-refractivity contribution in [3.05, 3.63) is 0 Å². The van der Waals surface area contributed by atoms with Gasteiger partial charge in [-0.1, -0.05) is 90.4 Å². The van der Waals surface area contributed by atoms with Gasteiger partial charge in [0.1, 0.15) is 0 Å². The van der Waals surface area contributed by atoms with Crippen molar-refractivity contribution in [2.24, 2.45) is 4.99 Å². The minimum Gasteiger partial charge on any atom is -0.242 e. The summed E-state index contributed by atoms with van der Waals surface area (Å²) in [6, 6.07) is 2.09. The van der Waals surface area contributed by atoms with E-state index in [2.05, 4.69) is 17.9 Å². The van der Waals surface area contributed by atoms with Crippen LogP contribution in [-0.4, -0.2) is 12.6 Å². The highest BCUT2D eigenvalue weighted by molar-refractivity contribution is 5.35. The minimum absolute atomic E-state index is 0.793. The Labute approximate surface area is 120 Å². The molecule has 2 heteroatoms. The first kappa shape index (κ1) is 18.4. The molecule has 0 aromatic carbocycles. The van der Waals surface area contributed by atoms with Crippen LogP contribution in [0, 0.1) is 5.41 Å². The zero-order chi connectivity index (χ0) is 14.0. The molecule has 0 bridgehead atoms. The van der Waals surface area contributed by atoms with Crippen molar-refractivity contribution >= 4 is 6.01 Å². The van der Waals surface area contributed by atoms with Crippen LogP contribution in [0.3, 0.4) is 0 Å². The van der Waals surface area contributed by atoms with E-state index in [1.54, 1.807) is 0 Å². The van der Waals surface area contributed by atoms with E-state index in [4.69, 9.17) is 5.41 Å². The molecule has 19 heavy (non-hydrogen) atoms. The van der Waals surface area contributed by atoms with Crippen LogP contribution in [0.5, 0.6) is 0 Å². The first-order valence-electron chi connectivity index (χ1n) is 8.50. The monoisotopic (exact) mass is 266 g/mol. The molecular formula is C17H34N2. The van der Waals surface area contributed by atoms with Gasteiger partial charge in [0.25, 0.3) is 0 Å². The quantitative estimate of drug-likeness (QED) is 0.270. The molecule has 0 fully saturated rings. The van der Waals surface area contributed by atoms with E-state index >= 15 is 0 Å². The van der Waals surface area contributed by atoms with Crippen LogP contribution in [0.15, 0.2) is 4.99 Å². The summed E-state index contributed by atoms with van der Waals surface area (Å²) in [5.74, 6) is 0. The molecule has 2 nitrogen and oxygen atoms in total. The Hall–Kier alpha value is -0.620. The zero-order valence-electron chi connectivity index (χ0n) is 13.1. The topological polar surface area (TPSA) is 36.2 Å². The lowest BCUT2D eigenvalue weighted by Crippen LogP contribution is -1.84. The Morgan fingerprint density at radius 2 is 1.00 bits per heavy atom. The van der Waals surface area contributed by atoms with Crippen molar-refractivity contribution in [3.8, 4) is 0 Å². The van der Waals surface area contributed by atoms with E-state index in [-0.39, 0.29) is 0 Å². The van der Waals surface area contributed by atoms with Crippen LogP contribution in [0.4, 0.5) is 0 Å². The number of nitrogens with one attached hydrogen (secondary N) is 1. The fourth-order valence-electron chi connectivity index (χ4n) is 2.44. The van der Waals surface area contributed by atoms with Gasteiger partial charge in [-0.05, 0) is 6.42 Å². The van der Waals surface area contributed by atoms with Crippen molar-refractivity contribution < 1.29 is 0 Å². The smallest absolute Gasteiger partial charge is 0.0861 e. The Morgan fingerprint density at radius 1 is 0.632 bits per heavy atom. The zero-order valence-corrected chi connectivity index (χ0v) is 13.1. The molecule has 0 aromatic heterocycles. The van der Waals surface area contributed by atoms with Gasteiger partial charge < -0.3 is 0 Å². The van der Waals surface area contributed by atoms with E-state index in [0.717, 1.165) is 13.0 Å². The first-order valence-corrected chi connectivity index (χ1v) is 8.50. The molecule has 0 radical (unpaired) electrons. The average molecular weight is 266 g/mol. The van der Waals surface area contributed by atoms with Gasteiger partial charge >= 0.3 is 0 Å². The molecule has 0 aliphatic heterocycles. The van der Waals surface area contributed by atoms with Crippen LogP contribution in [-0.2, 0) is 0 Å². The van der Waals surface area contributed by atoms with E-state index in [0.29, 0.717) is 0 Å². The number of nitrogens with zero attached hydrogens (tertiary/aromatic N) is 1. The molecule has 0 rings (SSSR count). The van der Waals surface area contributed by atoms with Crippen LogP contribution >= 0.6 is 0 Å². The van der Waals surface area contributed by atoms with E-state index in [1.807, 2.05) is 0 Å². The van der Waals surface area contributed by atoms with Crippen molar-refractivity contribution in [2.75, 3.05) is 6.54 Å². The van der Waals surface area contributed by atoms with Gasteiger partial charge in [-0.15, -0.1) is 0 Å². The highest BCUT2D eigenvalue weighted by atomic mass is 14.7. The number of hydrogen-bond acceptors (Lipinski definition) is 2. The Morgan fingerprint density at radius 3 is 1.37 bits per heavy atom. The van der Waals surface area contributed by atoms with Gasteiger partial charge in [0.15, 0.2) is 0 Å². The number of rotatable bonds is 15. The molecule has 0 unspecified atom stereocenters. The van der Waals surface area contributed by atoms with E-state index < -0.39 is 0 Å². The SMILES string of the molecule is CCCCCCCCCCCCCCCCN=C=N. The van der Waals surface area contributed by atoms with Crippen molar-refractivity contribution in [1.29, 1.82) is 5.41 Å². The summed E-state index contributed by atoms with van der Waals surface area (Å²) in [7, 11) is 0. The van der Waals surface area contributed by atoms with Gasteiger partial charge in [0.2, 0.25) is 0 Å². The maximum atomic E-state index is 6.66. The molecule has 0 spiro atoms. The third-order valence-corrected chi connectivity index (χ3v) is 3.70. The normalized spacial score (nSPS) is 10.4. The van der Waals surface area contributed by atoms with Gasteiger partial charge in [-0.2, -0.15) is 0 Å². The molecular weight excluding hydrogens is 232 g/mol. The number of unbranched alkanes of at least 4 members (excludes halogenated alkanes) is 13. The summed E-state index contributed by atoms with van der Waals surface area (Å²) >= 11 is 0.